The molecule has 2 heterocycles. The number of rotatable bonds is 5. The van der Waals surface area contributed by atoms with E-state index in [-0.39, 0.29) is 11.4 Å². The summed E-state index contributed by atoms with van der Waals surface area (Å²) in [5, 5.41) is 20.9. The molecule has 0 unspecified atom stereocenters. The van der Waals surface area contributed by atoms with Crippen molar-refractivity contribution in [2.45, 2.75) is 32.2 Å². The maximum absolute atomic E-state index is 11.7. The van der Waals surface area contributed by atoms with Crippen LogP contribution in [0.25, 0.3) is 11.4 Å². The highest BCUT2D eigenvalue weighted by Crippen LogP contribution is 2.29. The normalized spacial score (nSPS) is 11.6. The van der Waals surface area contributed by atoms with Crippen LogP contribution in [0.3, 0.4) is 0 Å². The molecule has 0 radical (unpaired) electrons. The van der Waals surface area contributed by atoms with E-state index in [1.54, 1.807) is 33.2 Å². The van der Waals surface area contributed by atoms with Gasteiger partial charge in [-0.05, 0) is 29.3 Å². The van der Waals surface area contributed by atoms with Crippen molar-refractivity contribution < 1.29 is 9.90 Å². The molecule has 0 bridgehead atoms. The summed E-state index contributed by atoms with van der Waals surface area (Å²) in [5.41, 5.74) is -0.938. The Morgan fingerprint density at radius 3 is 2.57 bits per heavy atom. The van der Waals surface area contributed by atoms with E-state index >= 15 is 0 Å². The van der Waals surface area contributed by atoms with Gasteiger partial charge < -0.3 is 9.67 Å². The van der Waals surface area contributed by atoms with Crippen molar-refractivity contribution in [2.75, 3.05) is 0 Å². The van der Waals surface area contributed by atoms with Crippen LogP contribution in [0, 0.1) is 0 Å². The number of tetrazole rings is 1. The Labute approximate surface area is 121 Å². The quantitative estimate of drug-likeness (QED) is 0.867. The first-order valence-corrected chi connectivity index (χ1v) is 6.65. The van der Waals surface area contributed by atoms with Crippen LogP contribution in [0.5, 0.6) is 0 Å². The highest BCUT2D eigenvalue weighted by Gasteiger charge is 2.40. The lowest BCUT2D eigenvalue weighted by Crippen LogP contribution is -2.42. The number of aliphatic carboxylic acids is 1. The van der Waals surface area contributed by atoms with Gasteiger partial charge in [-0.25, -0.2) is 9.48 Å². The summed E-state index contributed by atoms with van der Waals surface area (Å²) in [4.78, 5) is 23.4. The lowest BCUT2D eigenvalue weighted by atomic mass is 9.93. The van der Waals surface area contributed by atoms with Crippen LogP contribution in [-0.2, 0) is 17.4 Å². The summed E-state index contributed by atoms with van der Waals surface area (Å²) in [5.74, 6) is -0.719. The number of nitrogens with zero attached hydrogens (tertiary/aromatic N) is 5. The van der Waals surface area contributed by atoms with E-state index in [4.69, 9.17) is 0 Å². The Morgan fingerprint density at radius 1 is 1.38 bits per heavy atom. The van der Waals surface area contributed by atoms with Gasteiger partial charge in [0.2, 0.25) is 0 Å². The second-order valence-corrected chi connectivity index (χ2v) is 4.82. The monoisotopic (exact) mass is 291 g/mol. The molecule has 0 saturated carbocycles. The molecule has 2 aromatic rings. The molecule has 0 aliphatic heterocycles. The minimum Gasteiger partial charge on any atom is -0.479 e. The average Bonchev–Trinajstić information content (AvgIpc) is 2.93. The summed E-state index contributed by atoms with van der Waals surface area (Å²) in [6.07, 6.45) is 2.26. The molecule has 0 aliphatic carbocycles. The summed E-state index contributed by atoms with van der Waals surface area (Å²) in [7, 11) is 1.63. The molecule has 0 aromatic carbocycles. The highest BCUT2D eigenvalue weighted by molar-refractivity contribution is 5.77. The van der Waals surface area contributed by atoms with Gasteiger partial charge in [-0.3, -0.25) is 4.79 Å². The van der Waals surface area contributed by atoms with Gasteiger partial charge in [0, 0.05) is 24.9 Å². The first-order chi connectivity index (χ1) is 9.96. The number of aryl methyl sites for hydroxylation is 1. The number of carboxylic acid groups (broad SMARTS) is 1. The molecule has 0 atom stereocenters. The molecular formula is C13H17N5O3. The maximum Gasteiger partial charge on any atom is 0.331 e. The van der Waals surface area contributed by atoms with Gasteiger partial charge in [0.05, 0.1) is 0 Å². The van der Waals surface area contributed by atoms with Crippen molar-refractivity contribution in [3.63, 3.8) is 0 Å². The molecule has 0 amide bonds. The van der Waals surface area contributed by atoms with Crippen LogP contribution in [-0.4, -0.2) is 35.9 Å². The number of hydrogen-bond donors (Lipinski definition) is 1. The van der Waals surface area contributed by atoms with E-state index in [2.05, 4.69) is 15.5 Å². The van der Waals surface area contributed by atoms with Gasteiger partial charge in [0.25, 0.3) is 5.56 Å². The van der Waals surface area contributed by atoms with E-state index in [1.165, 1.54) is 15.3 Å². The molecule has 1 N–H and O–H groups in total. The first-order valence-electron chi connectivity index (χ1n) is 6.65. The molecule has 0 aliphatic rings. The third kappa shape index (κ3) is 2.32. The van der Waals surface area contributed by atoms with E-state index in [0.717, 1.165) is 0 Å². The van der Waals surface area contributed by atoms with Crippen molar-refractivity contribution in [1.29, 1.82) is 0 Å². The fraction of sp³-hybridized carbons (Fsp3) is 0.462. The molecule has 8 nitrogen and oxygen atoms in total. The number of carboxylic acids is 1. The molecule has 8 heteroatoms. The lowest BCUT2D eigenvalue weighted by molar-refractivity contribution is -0.148. The zero-order valence-corrected chi connectivity index (χ0v) is 12.1. The minimum absolute atomic E-state index is 0.212. The van der Waals surface area contributed by atoms with Gasteiger partial charge in [-0.2, -0.15) is 0 Å². The SMILES string of the molecule is CCC(CC)(C(=O)O)n1nnnc1-c1ccn(C)c(=O)c1. The predicted octanol–water partition coefficient (Wildman–Crippen LogP) is 0.639. The number of carbonyl (C=O) groups is 1. The van der Waals surface area contributed by atoms with E-state index < -0.39 is 11.5 Å². The molecule has 0 spiro atoms. The lowest BCUT2D eigenvalue weighted by Gasteiger charge is -2.27. The van der Waals surface area contributed by atoms with Gasteiger partial charge in [-0.15, -0.1) is 5.10 Å². The van der Waals surface area contributed by atoms with E-state index in [1.807, 2.05) is 0 Å². The smallest absolute Gasteiger partial charge is 0.331 e. The van der Waals surface area contributed by atoms with Crippen molar-refractivity contribution in [3.05, 3.63) is 28.7 Å². The van der Waals surface area contributed by atoms with Gasteiger partial charge in [0.1, 0.15) is 0 Å². The minimum atomic E-state index is -1.22. The van der Waals surface area contributed by atoms with Crippen molar-refractivity contribution in [3.8, 4) is 11.4 Å². The molecular weight excluding hydrogens is 274 g/mol. The fourth-order valence-corrected chi connectivity index (χ4v) is 2.29. The summed E-state index contributed by atoms with van der Waals surface area (Å²) < 4.78 is 2.71. The second-order valence-electron chi connectivity index (χ2n) is 4.82. The molecule has 2 aromatic heterocycles. The largest absolute Gasteiger partial charge is 0.479 e. The maximum atomic E-state index is 11.7. The summed E-state index contributed by atoms with van der Waals surface area (Å²) in [6, 6.07) is 3.07. The van der Waals surface area contributed by atoms with Gasteiger partial charge in [-0.1, -0.05) is 13.8 Å². The summed E-state index contributed by atoms with van der Waals surface area (Å²) in [6.45, 7) is 3.54. The van der Waals surface area contributed by atoms with Crippen molar-refractivity contribution >= 4 is 5.97 Å². The third-order valence-electron chi connectivity index (χ3n) is 3.81. The molecule has 0 fully saturated rings. The molecule has 2 rings (SSSR count). The predicted molar refractivity (Wildman–Crippen MR) is 74.7 cm³/mol. The number of hydrogen-bond acceptors (Lipinski definition) is 5. The standard InChI is InChI=1S/C13H17N5O3/c1-4-13(5-2,12(20)21)18-11(14-15-16-18)9-6-7-17(3)10(19)8-9/h6-8H,4-5H2,1-3H3,(H,20,21). The molecule has 21 heavy (non-hydrogen) atoms. The topological polar surface area (TPSA) is 103 Å². The Morgan fingerprint density at radius 2 is 2.05 bits per heavy atom. The third-order valence-corrected chi connectivity index (χ3v) is 3.81. The fourth-order valence-electron chi connectivity index (χ4n) is 2.29. The average molecular weight is 291 g/mol. The zero-order valence-electron chi connectivity index (χ0n) is 12.1. The van der Waals surface area contributed by atoms with E-state index in [9.17, 15) is 14.7 Å². The van der Waals surface area contributed by atoms with Crippen LogP contribution in [0.2, 0.25) is 0 Å². The first kappa shape index (κ1) is 14.9. The molecule has 0 saturated heterocycles. The number of aromatic nitrogens is 5. The van der Waals surface area contributed by atoms with Crippen molar-refractivity contribution in [2.24, 2.45) is 7.05 Å². The van der Waals surface area contributed by atoms with Crippen LogP contribution in [0.4, 0.5) is 0 Å². The second kappa shape index (κ2) is 5.47. The number of pyridine rings is 1. The van der Waals surface area contributed by atoms with Crippen LogP contribution >= 0.6 is 0 Å². The Hall–Kier alpha value is -2.51. The molecule has 112 valence electrons. The van der Waals surface area contributed by atoms with Gasteiger partial charge >= 0.3 is 5.97 Å². The zero-order chi connectivity index (χ0) is 15.6. The van der Waals surface area contributed by atoms with Crippen LogP contribution in [0.1, 0.15) is 26.7 Å². The van der Waals surface area contributed by atoms with Gasteiger partial charge in [0.15, 0.2) is 11.4 Å². The Kier molecular flexibility index (Phi) is 3.88. The Balaban J connectivity index is 2.64. The van der Waals surface area contributed by atoms with Crippen molar-refractivity contribution in [1.82, 2.24) is 24.8 Å². The van der Waals surface area contributed by atoms with E-state index in [0.29, 0.717) is 18.4 Å². The van der Waals surface area contributed by atoms with Crippen LogP contribution < -0.4 is 5.56 Å². The Bertz CT molecular complexity index is 715. The summed E-state index contributed by atoms with van der Waals surface area (Å²) >= 11 is 0. The van der Waals surface area contributed by atoms with Crippen LogP contribution in [0.15, 0.2) is 23.1 Å². The highest BCUT2D eigenvalue weighted by atomic mass is 16.4.